The molecule has 0 heterocycles. The molecule has 0 saturated heterocycles. The van der Waals surface area contributed by atoms with Gasteiger partial charge in [0.15, 0.2) is 5.11 Å². The standard InChI is InChI=1S/C18H17Cl3FN3OS/c1-10-3-4-11(2)14(9-10)23-17(27)25-16(18(19,20)21)24-15(26)12-5-7-13(22)8-6-12/h3-9,16H,1-2H3,(H,24,26)(H2,23,25,27)/t16-/m1/s1. The van der Waals surface area contributed by atoms with Crippen molar-refractivity contribution < 1.29 is 9.18 Å². The van der Waals surface area contributed by atoms with E-state index in [2.05, 4.69) is 16.0 Å². The van der Waals surface area contributed by atoms with Crippen LogP contribution in [0.5, 0.6) is 0 Å². The highest BCUT2D eigenvalue weighted by Crippen LogP contribution is 2.29. The van der Waals surface area contributed by atoms with E-state index in [1.54, 1.807) is 0 Å². The molecular weight excluding hydrogens is 432 g/mol. The van der Waals surface area contributed by atoms with Crippen LogP contribution in [0.25, 0.3) is 0 Å². The van der Waals surface area contributed by atoms with E-state index in [1.807, 2.05) is 32.0 Å². The Morgan fingerprint density at radius 3 is 2.30 bits per heavy atom. The van der Waals surface area contributed by atoms with E-state index in [-0.39, 0.29) is 10.7 Å². The van der Waals surface area contributed by atoms with E-state index < -0.39 is 21.7 Å². The van der Waals surface area contributed by atoms with Crippen LogP contribution >= 0.6 is 47.0 Å². The number of benzene rings is 2. The first-order valence-electron chi connectivity index (χ1n) is 7.84. The van der Waals surface area contributed by atoms with Crippen LogP contribution in [-0.2, 0) is 0 Å². The molecule has 0 aliphatic rings. The maximum Gasteiger partial charge on any atom is 0.252 e. The number of thiocarbonyl (C=S) groups is 1. The monoisotopic (exact) mass is 447 g/mol. The summed E-state index contributed by atoms with van der Waals surface area (Å²) in [7, 11) is 0. The minimum atomic E-state index is -1.89. The summed E-state index contributed by atoms with van der Waals surface area (Å²) in [4.78, 5) is 12.3. The van der Waals surface area contributed by atoms with Crippen molar-refractivity contribution in [1.29, 1.82) is 0 Å². The molecule has 9 heteroatoms. The summed E-state index contributed by atoms with van der Waals surface area (Å²) in [6, 6.07) is 10.8. The number of hydrogen-bond acceptors (Lipinski definition) is 2. The molecule has 4 nitrogen and oxygen atoms in total. The third-order valence-electron chi connectivity index (χ3n) is 3.63. The fraction of sp³-hybridized carbons (Fsp3) is 0.222. The Labute approximate surface area is 177 Å². The van der Waals surface area contributed by atoms with Crippen LogP contribution in [0, 0.1) is 19.7 Å². The van der Waals surface area contributed by atoms with Crippen LogP contribution in [0.1, 0.15) is 21.5 Å². The largest absolute Gasteiger partial charge is 0.339 e. The topological polar surface area (TPSA) is 53.2 Å². The first-order chi connectivity index (χ1) is 12.6. The maximum absolute atomic E-state index is 13.0. The molecule has 0 spiro atoms. The average Bonchev–Trinajstić information content (AvgIpc) is 2.57. The van der Waals surface area contributed by atoms with Crippen LogP contribution in [0.2, 0.25) is 0 Å². The number of halogens is 4. The lowest BCUT2D eigenvalue weighted by Crippen LogP contribution is -2.56. The summed E-state index contributed by atoms with van der Waals surface area (Å²) in [5.41, 5.74) is 3.03. The number of nitrogens with one attached hydrogen (secondary N) is 3. The van der Waals surface area contributed by atoms with E-state index in [0.717, 1.165) is 16.8 Å². The molecule has 1 amide bonds. The number of anilines is 1. The van der Waals surface area contributed by atoms with Crippen molar-refractivity contribution in [1.82, 2.24) is 10.6 Å². The van der Waals surface area contributed by atoms with Gasteiger partial charge in [-0.1, -0.05) is 46.9 Å². The molecular formula is C18H17Cl3FN3OS. The van der Waals surface area contributed by atoms with Crippen molar-refractivity contribution in [3.63, 3.8) is 0 Å². The molecule has 0 aliphatic carbocycles. The number of amides is 1. The van der Waals surface area contributed by atoms with E-state index in [0.29, 0.717) is 0 Å². The highest BCUT2D eigenvalue weighted by molar-refractivity contribution is 7.80. The quantitative estimate of drug-likeness (QED) is 0.355. The number of alkyl halides is 3. The minimum Gasteiger partial charge on any atom is -0.339 e. The van der Waals surface area contributed by atoms with Crippen molar-refractivity contribution >= 4 is 63.7 Å². The van der Waals surface area contributed by atoms with Gasteiger partial charge in [0.2, 0.25) is 3.79 Å². The van der Waals surface area contributed by atoms with Gasteiger partial charge in [0.25, 0.3) is 5.91 Å². The Bertz CT molecular complexity index is 841. The molecule has 0 aliphatic heterocycles. The van der Waals surface area contributed by atoms with Gasteiger partial charge < -0.3 is 16.0 Å². The van der Waals surface area contributed by atoms with Gasteiger partial charge in [-0.05, 0) is 67.5 Å². The van der Waals surface area contributed by atoms with E-state index in [9.17, 15) is 9.18 Å². The van der Waals surface area contributed by atoms with Crippen molar-refractivity contribution in [3.05, 3.63) is 65.0 Å². The van der Waals surface area contributed by atoms with Crippen molar-refractivity contribution in [2.24, 2.45) is 0 Å². The zero-order valence-corrected chi connectivity index (χ0v) is 17.5. The van der Waals surface area contributed by atoms with E-state index >= 15 is 0 Å². The van der Waals surface area contributed by atoms with Crippen LogP contribution in [-0.4, -0.2) is 21.0 Å². The maximum atomic E-state index is 13.0. The van der Waals surface area contributed by atoms with Crippen molar-refractivity contribution in [3.8, 4) is 0 Å². The zero-order chi connectivity index (χ0) is 20.2. The van der Waals surface area contributed by atoms with Crippen LogP contribution in [0.15, 0.2) is 42.5 Å². The fourth-order valence-electron chi connectivity index (χ4n) is 2.18. The van der Waals surface area contributed by atoms with Crippen LogP contribution in [0.4, 0.5) is 10.1 Å². The molecule has 27 heavy (non-hydrogen) atoms. The summed E-state index contributed by atoms with van der Waals surface area (Å²) >= 11 is 23.2. The number of aryl methyl sites for hydroxylation is 2. The molecule has 2 aromatic carbocycles. The SMILES string of the molecule is Cc1ccc(C)c(NC(=S)N[C@@H](NC(=O)c2ccc(F)cc2)C(Cl)(Cl)Cl)c1. The normalized spacial score (nSPS) is 12.2. The second-order valence-corrected chi connectivity index (χ2v) is 8.65. The molecule has 0 saturated carbocycles. The molecule has 0 fully saturated rings. The third-order valence-corrected chi connectivity index (χ3v) is 4.50. The molecule has 1 atom stereocenters. The molecule has 144 valence electrons. The number of carbonyl (C=O) groups excluding carboxylic acids is 1. The summed E-state index contributed by atoms with van der Waals surface area (Å²) in [6.45, 7) is 3.88. The second kappa shape index (κ2) is 9.06. The number of hydrogen-bond donors (Lipinski definition) is 3. The third kappa shape index (κ3) is 6.50. The Balaban J connectivity index is 2.10. The summed E-state index contributed by atoms with van der Waals surface area (Å²) in [6.07, 6.45) is -1.12. The predicted octanol–water partition coefficient (Wildman–Crippen LogP) is 4.86. The lowest BCUT2D eigenvalue weighted by Gasteiger charge is -2.28. The first kappa shape index (κ1) is 21.7. The average molecular weight is 449 g/mol. The summed E-state index contributed by atoms with van der Waals surface area (Å²) in [5, 5.41) is 8.51. The molecule has 2 rings (SSSR count). The Hall–Kier alpha value is -1.60. The molecule has 0 radical (unpaired) electrons. The van der Waals surface area contributed by atoms with Crippen LogP contribution < -0.4 is 16.0 Å². The van der Waals surface area contributed by atoms with Gasteiger partial charge in [-0.15, -0.1) is 0 Å². The van der Waals surface area contributed by atoms with Gasteiger partial charge in [-0.3, -0.25) is 4.79 Å². The zero-order valence-electron chi connectivity index (χ0n) is 14.4. The van der Waals surface area contributed by atoms with Crippen molar-refractivity contribution in [2.45, 2.75) is 23.8 Å². The predicted molar refractivity (Wildman–Crippen MR) is 113 cm³/mol. The van der Waals surface area contributed by atoms with Gasteiger partial charge in [0, 0.05) is 11.3 Å². The Morgan fingerprint density at radius 2 is 1.70 bits per heavy atom. The van der Waals surface area contributed by atoms with Gasteiger partial charge in [-0.2, -0.15) is 0 Å². The number of rotatable bonds is 4. The van der Waals surface area contributed by atoms with Gasteiger partial charge in [0.1, 0.15) is 12.0 Å². The fourth-order valence-corrected chi connectivity index (χ4v) is 2.73. The minimum absolute atomic E-state index is 0.166. The van der Waals surface area contributed by atoms with E-state index in [4.69, 9.17) is 47.0 Å². The van der Waals surface area contributed by atoms with Gasteiger partial charge >= 0.3 is 0 Å². The molecule has 2 aromatic rings. The van der Waals surface area contributed by atoms with Crippen LogP contribution in [0.3, 0.4) is 0 Å². The Morgan fingerprint density at radius 1 is 1.07 bits per heavy atom. The highest BCUT2D eigenvalue weighted by atomic mass is 35.6. The lowest BCUT2D eigenvalue weighted by molar-refractivity contribution is 0.0934. The number of carbonyl (C=O) groups is 1. The summed E-state index contributed by atoms with van der Waals surface area (Å²) in [5.74, 6) is -1.00. The molecule has 0 unspecified atom stereocenters. The molecule has 3 N–H and O–H groups in total. The van der Waals surface area contributed by atoms with Crippen molar-refractivity contribution in [2.75, 3.05) is 5.32 Å². The second-order valence-electron chi connectivity index (χ2n) is 5.87. The van der Waals surface area contributed by atoms with Gasteiger partial charge in [-0.25, -0.2) is 4.39 Å². The summed E-state index contributed by atoms with van der Waals surface area (Å²) < 4.78 is 11.1. The van der Waals surface area contributed by atoms with E-state index in [1.165, 1.54) is 24.3 Å². The molecule has 0 bridgehead atoms. The van der Waals surface area contributed by atoms with Gasteiger partial charge in [0.05, 0.1) is 0 Å². The Kier molecular flexibility index (Phi) is 7.28. The lowest BCUT2D eigenvalue weighted by atomic mass is 10.1. The smallest absolute Gasteiger partial charge is 0.252 e. The first-order valence-corrected chi connectivity index (χ1v) is 9.38. The molecule has 0 aromatic heterocycles. The highest BCUT2D eigenvalue weighted by Gasteiger charge is 2.35.